The van der Waals surface area contributed by atoms with E-state index >= 15 is 0 Å². The van der Waals surface area contributed by atoms with Crippen molar-refractivity contribution in [3.05, 3.63) is 24.5 Å². The summed E-state index contributed by atoms with van der Waals surface area (Å²) in [7, 11) is -2.21. The van der Waals surface area contributed by atoms with Gasteiger partial charge in [-0.15, -0.1) is 0 Å². The summed E-state index contributed by atoms with van der Waals surface area (Å²) < 4.78 is 26.1. The average molecular weight is 329 g/mol. The standard InChI is InChI=1S/C13H19N3O5S/c1-10(13(18)19)9-16(2)12(17)5-7-15-22(20,21)11-4-3-6-14-8-11/h3-4,6,8,10,15H,5,7,9H2,1-2H3,(H,18,19). The van der Waals surface area contributed by atoms with Crippen LogP contribution in [0.5, 0.6) is 0 Å². The van der Waals surface area contributed by atoms with Crippen molar-refractivity contribution in [2.75, 3.05) is 20.1 Å². The van der Waals surface area contributed by atoms with Gasteiger partial charge >= 0.3 is 5.97 Å². The Labute approximate surface area is 129 Å². The molecule has 22 heavy (non-hydrogen) atoms. The fourth-order valence-corrected chi connectivity index (χ4v) is 2.66. The second-order valence-corrected chi connectivity index (χ2v) is 6.62. The van der Waals surface area contributed by atoms with Gasteiger partial charge in [0.1, 0.15) is 4.90 Å². The van der Waals surface area contributed by atoms with E-state index in [4.69, 9.17) is 5.11 Å². The number of carboxylic acid groups (broad SMARTS) is 1. The van der Waals surface area contributed by atoms with Crippen molar-refractivity contribution in [1.29, 1.82) is 0 Å². The second kappa shape index (κ2) is 7.85. The molecule has 1 aromatic heterocycles. The van der Waals surface area contributed by atoms with Gasteiger partial charge in [0.05, 0.1) is 5.92 Å². The molecule has 0 aliphatic heterocycles. The monoisotopic (exact) mass is 329 g/mol. The smallest absolute Gasteiger partial charge is 0.308 e. The summed E-state index contributed by atoms with van der Waals surface area (Å²) in [5.74, 6) is -2.00. The number of carbonyl (C=O) groups excluding carboxylic acids is 1. The van der Waals surface area contributed by atoms with Crippen LogP contribution < -0.4 is 4.72 Å². The van der Waals surface area contributed by atoms with Crippen molar-refractivity contribution >= 4 is 21.9 Å². The molecular formula is C13H19N3O5S. The van der Waals surface area contributed by atoms with Crippen LogP contribution in [0.4, 0.5) is 0 Å². The largest absolute Gasteiger partial charge is 0.481 e. The van der Waals surface area contributed by atoms with E-state index in [0.29, 0.717) is 0 Å². The lowest BCUT2D eigenvalue weighted by Crippen LogP contribution is -2.36. The van der Waals surface area contributed by atoms with Crippen LogP contribution in [0, 0.1) is 5.92 Å². The van der Waals surface area contributed by atoms with Gasteiger partial charge in [-0.3, -0.25) is 14.6 Å². The Hall–Kier alpha value is -2.00. The summed E-state index contributed by atoms with van der Waals surface area (Å²) in [6, 6.07) is 2.90. The van der Waals surface area contributed by atoms with Crippen LogP contribution in [-0.2, 0) is 19.6 Å². The number of aliphatic carboxylic acids is 1. The SMILES string of the molecule is CC(CN(C)C(=O)CCNS(=O)(=O)c1cccnc1)C(=O)O. The predicted octanol–water partition coefficient (Wildman–Crippen LogP) is -0.0709. The molecule has 0 aliphatic carbocycles. The van der Waals surface area contributed by atoms with Gasteiger partial charge in [-0.05, 0) is 12.1 Å². The fraction of sp³-hybridized carbons (Fsp3) is 0.462. The third kappa shape index (κ3) is 5.41. The Morgan fingerprint density at radius 3 is 2.68 bits per heavy atom. The first-order valence-corrected chi connectivity index (χ1v) is 8.09. The molecule has 1 unspecified atom stereocenters. The van der Waals surface area contributed by atoms with Crippen LogP contribution in [0.1, 0.15) is 13.3 Å². The molecule has 0 saturated heterocycles. The molecule has 8 nitrogen and oxygen atoms in total. The lowest BCUT2D eigenvalue weighted by atomic mass is 10.2. The molecule has 2 N–H and O–H groups in total. The van der Waals surface area contributed by atoms with Gasteiger partial charge in [-0.25, -0.2) is 13.1 Å². The van der Waals surface area contributed by atoms with E-state index in [9.17, 15) is 18.0 Å². The summed E-state index contributed by atoms with van der Waals surface area (Å²) in [5.41, 5.74) is 0. The van der Waals surface area contributed by atoms with Crippen LogP contribution in [0.3, 0.4) is 0 Å². The molecule has 122 valence electrons. The normalized spacial score (nSPS) is 12.6. The van der Waals surface area contributed by atoms with Gasteiger partial charge < -0.3 is 10.0 Å². The highest BCUT2D eigenvalue weighted by Gasteiger charge is 2.18. The van der Waals surface area contributed by atoms with Crippen LogP contribution in [0.15, 0.2) is 29.4 Å². The van der Waals surface area contributed by atoms with Crippen molar-refractivity contribution < 1.29 is 23.1 Å². The van der Waals surface area contributed by atoms with E-state index in [-0.39, 0.29) is 30.3 Å². The number of carboxylic acids is 1. The van der Waals surface area contributed by atoms with Crippen LogP contribution in [-0.4, -0.2) is 55.4 Å². The minimum atomic E-state index is -3.70. The fourth-order valence-electron chi connectivity index (χ4n) is 1.66. The van der Waals surface area contributed by atoms with E-state index in [1.54, 1.807) is 0 Å². The quantitative estimate of drug-likeness (QED) is 0.689. The van der Waals surface area contributed by atoms with Gasteiger partial charge in [0.25, 0.3) is 0 Å². The van der Waals surface area contributed by atoms with E-state index < -0.39 is 21.9 Å². The van der Waals surface area contributed by atoms with Gasteiger partial charge in [0, 0.05) is 39.0 Å². The zero-order valence-corrected chi connectivity index (χ0v) is 13.2. The van der Waals surface area contributed by atoms with Crippen molar-refractivity contribution in [2.24, 2.45) is 5.92 Å². The van der Waals surface area contributed by atoms with E-state index in [1.165, 1.54) is 43.4 Å². The zero-order chi connectivity index (χ0) is 16.8. The number of rotatable bonds is 8. The molecule has 9 heteroatoms. The molecular weight excluding hydrogens is 310 g/mol. The maximum Gasteiger partial charge on any atom is 0.308 e. The molecule has 0 aromatic carbocycles. The number of nitrogens with one attached hydrogen (secondary N) is 1. The number of carbonyl (C=O) groups is 2. The number of hydrogen-bond donors (Lipinski definition) is 2. The summed E-state index contributed by atoms with van der Waals surface area (Å²) >= 11 is 0. The first kappa shape index (κ1) is 18.1. The highest BCUT2D eigenvalue weighted by atomic mass is 32.2. The topological polar surface area (TPSA) is 117 Å². The van der Waals surface area contributed by atoms with Crippen molar-refractivity contribution in [2.45, 2.75) is 18.2 Å². The van der Waals surface area contributed by atoms with Gasteiger partial charge in [-0.2, -0.15) is 0 Å². The molecule has 0 radical (unpaired) electrons. The molecule has 1 amide bonds. The number of nitrogens with zero attached hydrogens (tertiary/aromatic N) is 2. The van der Waals surface area contributed by atoms with E-state index in [2.05, 4.69) is 9.71 Å². The van der Waals surface area contributed by atoms with E-state index in [0.717, 1.165) is 0 Å². The van der Waals surface area contributed by atoms with Gasteiger partial charge in [-0.1, -0.05) is 6.92 Å². The van der Waals surface area contributed by atoms with Crippen molar-refractivity contribution in [3.8, 4) is 0 Å². The first-order chi connectivity index (χ1) is 10.2. The molecule has 0 bridgehead atoms. The highest BCUT2D eigenvalue weighted by Crippen LogP contribution is 2.05. The lowest BCUT2D eigenvalue weighted by Gasteiger charge is -2.19. The molecule has 1 atom stereocenters. The van der Waals surface area contributed by atoms with E-state index in [1.807, 2.05) is 0 Å². The molecule has 1 rings (SSSR count). The first-order valence-electron chi connectivity index (χ1n) is 6.60. The average Bonchev–Trinajstić information content (AvgIpc) is 2.47. The lowest BCUT2D eigenvalue weighted by molar-refractivity contribution is -0.142. The molecule has 1 heterocycles. The summed E-state index contributed by atoms with van der Waals surface area (Å²) in [6.07, 6.45) is 2.62. The van der Waals surface area contributed by atoms with Gasteiger partial charge in [0.2, 0.25) is 15.9 Å². The maximum absolute atomic E-state index is 11.9. The molecule has 0 saturated carbocycles. The zero-order valence-electron chi connectivity index (χ0n) is 12.4. The summed E-state index contributed by atoms with van der Waals surface area (Å²) in [5, 5.41) is 8.79. The number of aromatic nitrogens is 1. The van der Waals surface area contributed by atoms with Crippen molar-refractivity contribution in [3.63, 3.8) is 0 Å². The number of pyridine rings is 1. The number of hydrogen-bond acceptors (Lipinski definition) is 5. The molecule has 0 fully saturated rings. The molecule has 0 spiro atoms. The Morgan fingerprint density at radius 2 is 2.14 bits per heavy atom. The highest BCUT2D eigenvalue weighted by molar-refractivity contribution is 7.89. The van der Waals surface area contributed by atoms with Crippen LogP contribution in [0.2, 0.25) is 0 Å². The van der Waals surface area contributed by atoms with Crippen LogP contribution >= 0.6 is 0 Å². The number of sulfonamides is 1. The second-order valence-electron chi connectivity index (χ2n) is 4.85. The molecule has 0 aliphatic rings. The Bertz CT molecular complexity index is 618. The Kier molecular flexibility index (Phi) is 6.44. The summed E-state index contributed by atoms with van der Waals surface area (Å²) in [4.78, 5) is 27.6. The minimum absolute atomic E-state index is 0.0234. The minimum Gasteiger partial charge on any atom is -0.481 e. The predicted molar refractivity (Wildman–Crippen MR) is 78.5 cm³/mol. The number of amides is 1. The third-order valence-corrected chi connectivity index (χ3v) is 4.42. The van der Waals surface area contributed by atoms with Crippen molar-refractivity contribution in [1.82, 2.24) is 14.6 Å². The summed E-state index contributed by atoms with van der Waals surface area (Å²) in [6.45, 7) is 1.50. The third-order valence-electron chi connectivity index (χ3n) is 2.97. The Balaban J connectivity index is 2.47. The van der Waals surface area contributed by atoms with Crippen LogP contribution in [0.25, 0.3) is 0 Å². The Morgan fingerprint density at radius 1 is 1.45 bits per heavy atom. The van der Waals surface area contributed by atoms with Gasteiger partial charge in [0.15, 0.2) is 0 Å². The molecule has 1 aromatic rings. The maximum atomic E-state index is 11.9.